The van der Waals surface area contributed by atoms with E-state index in [2.05, 4.69) is 16.0 Å². The van der Waals surface area contributed by atoms with Crippen molar-refractivity contribution in [1.82, 2.24) is 0 Å². The minimum absolute atomic E-state index is 0.0609. The Morgan fingerprint density at radius 2 is 0.946 bits per heavy atom. The molecule has 37 heavy (non-hydrogen) atoms. The Bertz CT molecular complexity index is 1160. The minimum Gasteiger partial charge on any atom is -0.447 e. The van der Waals surface area contributed by atoms with E-state index in [1.54, 1.807) is 36.4 Å². The predicted octanol–water partition coefficient (Wildman–Crippen LogP) is 4.92. The van der Waals surface area contributed by atoms with Gasteiger partial charge in [0.1, 0.15) is 19.8 Å². The van der Waals surface area contributed by atoms with Gasteiger partial charge in [-0.1, -0.05) is 42.0 Å². The Morgan fingerprint density at radius 1 is 0.595 bits per heavy atom. The number of aryl methyl sites for hydroxylation is 1. The number of benzene rings is 3. The van der Waals surface area contributed by atoms with E-state index >= 15 is 0 Å². The fourth-order valence-corrected chi connectivity index (χ4v) is 3.15. The van der Waals surface area contributed by atoms with E-state index in [1.807, 2.05) is 43.3 Å². The van der Waals surface area contributed by atoms with Crippen LogP contribution in [0, 0.1) is 6.92 Å². The summed E-state index contributed by atoms with van der Waals surface area (Å²) in [6.45, 7) is 1.49. The SMILES string of the molecule is Cc1ccc(NC(=O)OCCOC(=O)Nc2ccc(Cc3ccc(NC(=O)OCCO)cc3)cc2)cc1. The van der Waals surface area contributed by atoms with Crippen molar-refractivity contribution in [2.75, 3.05) is 42.4 Å². The lowest BCUT2D eigenvalue weighted by molar-refractivity contribution is 0.110. The number of nitrogens with one attached hydrogen (secondary N) is 3. The van der Waals surface area contributed by atoms with E-state index in [4.69, 9.17) is 19.3 Å². The molecule has 0 fully saturated rings. The molecular weight excluding hydrogens is 478 g/mol. The van der Waals surface area contributed by atoms with Gasteiger partial charge in [-0.15, -0.1) is 0 Å². The topological polar surface area (TPSA) is 135 Å². The molecule has 3 aromatic carbocycles. The summed E-state index contributed by atoms with van der Waals surface area (Å²) in [7, 11) is 0. The Labute approximate surface area is 214 Å². The lowest BCUT2D eigenvalue weighted by atomic mass is 10.0. The Kier molecular flexibility index (Phi) is 10.3. The largest absolute Gasteiger partial charge is 0.447 e. The fourth-order valence-electron chi connectivity index (χ4n) is 3.15. The zero-order valence-corrected chi connectivity index (χ0v) is 20.4. The number of carbonyl (C=O) groups excluding carboxylic acids is 3. The van der Waals surface area contributed by atoms with Crippen LogP contribution in [-0.4, -0.2) is 49.8 Å². The molecule has 0 heterocycles. The highest BCUT2D eigenvalue weighted by Gasteiger charge is 2.07. The average molecular weight is 508 g/mol. The molecule has 3 aromatic rings. The van der Waals surface area contributed by atoms with Crippen molar-refractivity contribution in [3.8, 4) is 0 Å². The lowest BCUT2D eigenvalue weighted by Crippen LogP contribution is -2.20. The van der Waals surface area contributed by atoms with Gasteiger partial charge in [-0.3, -0.25) is 16.0 Å². The Balaban J connectivity index is 1.35. The third-order valence-electron chi connectivity index (χ3n) is 4.98. The third-order valence-corrected chi connectivity index (χ3v) is 4.98. The van der Waals surface area contributed by atoms with Gasteiger partial charge in [0.25, 0.3) is 0 Å². The van der Waals surface area contributed by atoms with Crippen LogP contribution in [0.5, 0.6) is 0 Å². The molecule has 0 aromatic heterocycles. The van der Waals surface area contributed by atoms with Gasteiger partial charge >= 0.3 is 18.3 Å². The molecule has 0 unspecified atom stereocenters. The van der Waals surface area contributed by atoms with Crippen LogP contribution in [0.1, 0.15) is 16.7 Å². The third kappa shape index (κ3) is 9.90. The van der Waals surface area contributed by atoms with Crippen LogP contribution in [0.3, 0.4) is 0 Å². The first-order chi connectivity index (χ1) is 17.9. The van der Waals surface area contributed by atoms with Crippen molar-refractivity contribution >= 4 is 35.3 Å². The quantitative estimate of drug-likeness (QED) is 0.226. The van der Waals surface area contributed by atoms with Crippen LogP contribution < -0.4 is 16.0 Å². The second-order valence-electron chi connectivity index (χ2n) is 7.94. The maximum Gasteiger partial charge on any atom is 0.411 e. The van der Waals surface area contributed by atoms with E-state index in [9.17, 15) is 14.4 Å². The summed E-state index contributed by atoms with van der Waals surface area (Å²) in [5, 5.41) is 16.5. The molecule has 0 aliphatic rings. The molecule has 0 aliphatic carbocycles. The van der Waals surface area contributed by atoms with Crippen LogP contribution in [0.15, 0.2) is 72.8 Å². The summed E-state index contributed by atoms with van der Waals surface area (Å²) < 4.78 is 14.8. The first-order valence-corrected chi connectivity index (χ1v) is 11.6. The van der Waals surface area contributed by atoms with Crippen molar-refractivity contribution < 1.29 is 33.7 Å². The van der Waals surface area contributed by atoms with Crippen molar-refractivity contribution in [2.45, 2.75) is 13.3 Å². The van der Waals surface area contributed by atoms with Crippen LogP contribution in [0.25, 0.3) is 0 Å². The number of hydrogen-bond acceptors (Lipinski definition) is 7. The van der Waals surface area contributed by atoms with Gasteiger partial charge < -0.3 is 19.3 Å². The summed E-state index contributed by atoms with van der Waals surface area (Å²) in [6, 6.07) is 21.8. The monoisotopic (exact) mass is 507 g/mol. The van der Waals surface area contributed by atoms with Crippen molar-refractivity contribution in [3.63, 3.8) is 0 Å². The zero-order chi connectivity index (χ0) is 26.5. The maximum atomic E-state index is 12.0. The first-order valence-electron chi connectivity index (χ1n) is 11.6. The van der Waals surface area contributed by atoms with Gasteiger partial charge in [-0.25, -0.2) is 14.4 Å². The number of hydrogen-bond donors (Lipinski definition) is 4. The lowest BCUT2D eigenvalue weighted by Gasteiger charge is -2.10. The molecule has 0 saturated carbocycles. The number of aliphatic hydroxyl groups excluding tert-OH is 1. The normalized spacial score (nSPS) is 10.2. The number of carbonyl (C=O) groups is 3. The summed E-state index contributed by atoms with van der Waals surface area (Å²) in [6.07, 6.45) is -1.26. The number of aliphatic hydroxyl groups is 1. The summed E-state index contributed by atoms with van der Waals surface area (Å²) in [4.78, 5) is 35.3. The molecule has 10 heteroatoms. The molecule has 4 N–H and O–H groups in total. The fraction of sp³-hybridized carbons (Fsp3) is 0.222. The van der Waals surface area contributed by atoms with Crippen molar-refractivity contribution in [2.24, 2.45) is 0 Å². The number of rotatable bonds is 10. The maximum absolute atomic E-state index is 12.0. The van der Waals surface area contributed by atoms with E-state index in [1.165, 1.54) is 0 Å². The molecule has 10 nitrogen and oxygen atoms in total. The summed E-state index contributed by atoms with van der Waals surface area (Å²) in [5.41, 5.74) is 4.89. The smallest absolute Gasteiger partial charge is 0.411 e. The predicted molar refractivity (Wildman–Crippen MR) is 139 cm³/mol. The number of amides is 3. The van der Waals surface area contributed by atoms with E-state index in [0.717, 1.165) is 16.7 Å². The van der Waals surface area contributed by atoms with Gasteiger partial charge in [-0.2, -0.15) is 0 Å². The molecule has 0 saturated heterocycles. The van der Waals surface area contributed by atoms with E-state index in [0.29, 0.717) is 23.5 Å². The zero-order valence-electron chi connectivity index (χ0n) is 20.4. The van der Waals surface area contributed by atoms with Gasteiger partial charge in [0.05, 0.1) is 6.61 Å². The first kappa shape index (κ1) is 27.0. The van der Waals surface area contributed by atoms with E-state index in [-0.39, 0.29) is 26.4 Å². The Morgan fingerprint density at radius 3 is 1.32 bits per heavy atom. The molecule has 194 valence electrons. The molecule has 0 radical (unpaired) electrons. The van der Waals surface area contributed by atoms with Crippen molar-refractivity contribution in [1.29, 1.82) is 0 Å². The van der Waals surface area contributed by atoms with Crippen molar-refractivity contribution in [3.05, 3.63) is 89.5 Å². The average Bonchev–Trinajstić information content (AvgIpc) is 2.89. The van der Waals surface area contributed by atoms with Crippen LogP contribution in [0.4, 0.5) is 31.4 Å². The second-order valence-corrected chi connectivity index (χ2v) is 7.94. The Hall–Kier alpha value is -4.57. The highest BCUT2D eigenvalue weighted by atomic mass is 16.6. The molecule has 3 rings (SSSR count). The number of anilines is 3. The molecule has 0 aliphatic heterocycles. The van der Waals surface area contributed by atoms with Crippen LogP contribution in [0.2, 0.25) is 0 Å². The molecular formula is C27H29N3O7. The molecule has 3 amide bonds. The molecule has 0 bridgehead atoms. The van der Waals surface area contributed by atoms with Gasteiger partial charge in [-0.05, 0) is 60.9 Å². The second kappa shape index (κ2) is 14.1. The minimum atomic E-state index is -0.657. The van der Waals surface area contributed by atoms with Gasteiger partial charge in [0.2, 0.25) is 0 Å². The molecule has 0 spiro atoms. The summed E-state index contributed by atoms with van der Waals surface area (Å²) >= 11 is 0. The summed E-state index contributed by atoms with van der Waals surface area (Å²) in [5.74, 6) is 0. The van der Waals surface area contributed by atoms with Crippen LogP contribution in [-0.2, 0) is 20.6 Å². The standard InChI is InChI=1S/C27H29N3O7/c1-19-2-8-22(9-3-19)28-26(33)36-16-17-37-27(34)30-24-12-6-21(7-13-24)18-20-4-10-23(11-5-20)29-25(32)35-15-14-31/h2-13,31H,14-18H2,1H3,(H,28,33)(H,29,32)(H,30,34). The molecule has 0 atom stereocenters. The van der Waals surface area contributed by atoms with E-state index < -0.39 is 18.3 Å². The highest BCUT2D eigenvalue weighted by molar-refractivity contribution is 5.85. The number of ether oxygens (including phenoxy) is 3. The highest BCUT2D eigenvalue weighted by Crippen LogP contribution is 2.16. The van der Waals surface area contributed by atoms with Gasteiger partial charge in [0, 0.05) is 17.1 Å². The van der Waals surface area contributed by atoms with Gasteiger partial charge in [0.15, 0.2) is 0 Å². The van der Waals surface area contributed by atoms with Crippen LogP contribution >= 0.6 is 0 Å².